The molecule has 1 saturated heterocycles. The summed E-state index contributed by atoms with van der Waals surface area (Å²) < 4.78 is 5.50. The van der Waals surface area contributed by atoms with Crippen LogP contribution in [0.25, 0.3) is 0 Å². The minimum absolute atomic E-state index is 0.563. The second kappa shape index (κ2) is 4.35. The Morgan fingerprint density at radius 3 is 3.00 bits per heavy atom. The molecule has 2 atom stereocenters. The van der Waals surface area contributed by atoms with Crippen LogP contribution in [0.5, 0.6) is 0 Å². The molecule has 1 rings (SSSR count). The Bertz CT molecular complexity index is 89.3. The molecular formula is C8H15BrO. The van der Waals surface area contributed by atoms with Crippen LogP contribution in [-0.2, 0) is 4.74 Å². The van der Waals surface area contributed by atoms with Crippen LogP contribution >= 0.6 is 15.9 Å². The molecule has 1 heterocycles. The quantitative estimate of drug-likeness (QED) is 0.646. The summed E-state index contributed by atoms with van der Waals surface area (Å²) in [5.74, 6) is 0.767. The third-order valence-electron chi connectivity index (χ3n) is 1.95. The monoisotopic (exact) mass is 206 g/mol. The van der Waals surface area contributed by atoms with Crippen molar-refractivity contribution >= 4 is 15.9 Å². The van der Waals surface area contributed by atoms with Gasteiger partial charge in [0.2, 0.25) is 0 Å². The second-order valence-corrected chi connectivity index (χ2v) is 3.78. The summed E-state index contributed by atoms with van der Waals surface area (Å²) in [6.07, 6.45) is 4.33. The maximum Gasteiger partial charge on any atom is 0.0578 e. The highest BCUT2D eigenvalue weighted by atomic mass is 79.9. The van der Waals surface area contributed by atoms with Crippen LogP contribution in [0.3, 0.4) is 0 Å². The Balaban J connectivity index is 2.11. The van der Waals surface area contributed by atoms with Gasteiger partial charge >= 0.3 is 0 Å². The van der Waals surface area contributed by atoms with Crippen molar-refractivity contribution in [2.24, 2.45) is 5.92 Å². The van der Waals surface area contributed by atoms with E-state index in [2.05, 4.69) is 22.9 Å². The molecule has 10 heavy (non-hydrogen) atoms. The van der Waals surface area contributed by atoms with E-state index in [4.69, 9.17) is 4.74 Å². The summed E-state index contributed by atoms with van der Waals surface area (Å²) in [5.41, 5.74) is 0. The normalized spacial score (nSPS) is 28.8. The van der Waals surface area contributed by atoms with E-state index in [1.165, 1.54) is 19.3 Å². The van der Waals surface area contributed by atoms with Crippen molar-refractivity contribution in [3.63, 3.8) is 0 Å². The van der Waals surface area contributed by atoms with Crippen molar-refractivity contribution in [1.29, 1.82) is 0 Å². The van der Waals surface area contributed by atoms with E-state index in [-0.39, 0.29) is 0 Å². The van der Waals surface area contributed by atoms with Crippen LogP contribution < -0.4 is 0 Å². The van der Waals surface area contributed by atoms with E-state index in [0.29, 0.717) is 6.10 Å². The Labute approximate surface area is 71.3 Å². The first-order chi connectivity index (χ1) is 4.83. The summed E-state index contributed by atoms with van der Waals surface area (Å²) >= 11 is 3.47. The van der Waals surface area contributed by atoms with E-state index >= 15 is 0 Å². The molecule has 0 radical (unpaired) electrons. The zero-order valence-corrected chi connectivity index (χ0v) is 8.06. The lowest BCUT2D eigenvalue weighted by Crippen LogP contribution is -2.10. The lowest BCUT2D eigenvalue weighted by molar-refractivity contribution is 0.0945. The lowest BCUT2D eigenvalue weighted by atomic mass is 10.0. The van der Waals surface area contributed by atoms with Crippen molar-refractivity contribution in [2.75, 3.05) is 11.9 Å². The summed E-state index contributed by atoms with van der Waals surface area (Å²) in [6, 6.07) is 0. The molecule has 0 aliphatic carbocycles. The number of ether oxygens (including phenoxy) is 1. The Kier molecular flexibility index (Phi) is 3.71. The third kappa shape index (κ3) is 2.59. The van der Waals surface area contributed by atoms with Gasteiger partial charge in [-0.15, -0.1) is 0 Å². The van der Waals surface area contributed by atoms with Gasteiger partial charge < -0.3 is 4.74 Å². The lowest BCUT2D eigenvalue weighted by Gasteiger charge is -2.12. The average molecular weight is 207 g/mol. The summed E-state index contributed by atoms with van der Waals surface area (Å²) in [6.45, 7) is 3.25. The second-order valence-electron chi connectivity index (χ2n) is 3.13. The predicted octanol–water partition coefficient (Wildman–Crippen LogP) is 2.59. The zero-order chi connectivity index (χ0) is 7.40. The van der Waals surface area contributed by atoms with Gasteiger partial charge in [-0.25, -0.2) is 0 Å². The highest BCUT2D eigenvalue weighted by Crippen LogP contribution is 2.20. The number of hydrogen-bond donors (Lipinski definition) is 0. The molecule has 2 heteroatoms. The maximum atomic E-state index is 5.50. The highest BCUT2D eigenvalue weighted by Gasteiger charge is 2.17. The molecule has 0 aromatic carbocycles. The van der Waals surface area contributed by atoms with Gasteiger partial charge in [-0.1, -0.05) is 22.9 Å². The van der Waals surface area contributed by atoms with E-state index in [1.807, 2.05) is 0 Å². The fourth-order valence-corrected chi connectivity index (χ4v) is 1.61. The smallest absolute Gasteiger partial charge is 0.0578 e. The molecule has 0 N–H and O–H groups in total. The van der Waals surface area contributed by atoms with Gasteiger partial charge in [0.05, 0.1) is 6.10 Å². The molecule has 0 aromatic rings. The van der Waals surface area contributed by atoms with Crippen molar-refractivity contribution in [3.8, 4) is 0 Å². The molecular weight excluding hydrogens is 192 g/mol. The predicted molar refractivity (Wildman–Crippen MR) is 46.5 cm³/mol. The van der Waals surface area contributed by atoms with Crippen LogP contribution in [0.15, 0.2) is 0 Å². The molecule has 60 valence electrons. The first kappa shape index (κ1) is 8.54. The molecule has 1 unspecified atom stereocenters. The number of halogens is 1. The van der Waals surface area contributed by atoms with E-state index in [9.17, 15) is 0 Å². The first-order valence-electron chi connectivity index (χ1n) is 4.00. The summed E-state index contributed by atoms with van der Waals surface area (Å²) in [7, 11) is 0. The molecule has 1 fully saturated rings. The molecule has 1 aliphatic rings. The highest BCUT2D eigenvalue weighted by molar-refractivity contribution is 9.09. The van der Waals surface area contributed by atoms with Crippen LogP contribution in [0.1, 0.15) is 26.2 Å². The van der Waals surface area contributed by atoms with Crippen LogP contribution in [0.4, 0.5) is 0 Å². The van der Waals surface area contributed by atoms with Crippen molar-refractivity contribution in [2.45, 2.75) is 32.3 Å². The largest absolute Gasteiger partial charge is 0.378 e. The molecule has 0 saturated carbocycles. The zero-order valence-electron chi connectivity index (χ0n) is 6.48. The SMILES string of the molecule is CC(CBr)C[C@H]1CCCO1. The maximum absolute atomic E-state index is 5.50. The van der Waals surface area contributed by atoms with Gasteiger partial charge in [0.1, 0.15) is 0 Å². The Morgan fingerprint density at radius 1 is 1.70 bits per heavy atom. The third-order valence-corrected chi connectivity index (χ3v) is 3.06. The van der Waals surface area contributed by atoms with Gasteiger partial charge in [0.15, 0.2) is 0 Å². The Hall–Kier alpha value is 0.440. The van der Waals surface area contributed by atoms with Crippen molar-refractivity contribution in [3.05, 3.63) is 0 Å². The van der Waals surface area contributed by atoms with E-state index in [0.717, 1.165) is 17.9 Å². The van der Waals surface area contributed by atoms with E-state index in [1.54, 1.807) is 0 Å². The Morgan fingerprint density at radius 2 is 2.50 bits per heavy atom. The van der Waals surface area contributed by atoms with Gasteiger partial charge in [-0.2, -0.15) is 0 Å². The minimum Gasteiger partial charge on any atom is -0.378 e. The number of alkyl halides is 1. The average Bonchev–Trinajstić information content (AvgIpc) is 2.40. The van der Waals surface area contributed by atoms with Crippen molar-refractivity contribution < 1.29 is 4.74 Å². The van der Waals surface area contributed by atoms with Crippen LogP contribution in [-0.4, -0.2) is 18.0 Å². The molecule has 1 nitrogen and oxygen atoms in total. The van der Waals surface area contributed by atoms with Gasteiger partial charge in [0.25, 0.3) is 0 Å². The topological polar surface area (TPSA) is 9.23 Å². The van der Waals surface area contributed by atoms with Gasteiger partial charge in [0, 0.05) is 11.9 Å². The van der Waals surface area contributed by atoms with Crippen LogP contribution in [0.2, 0.25) is 0 Å². The van der Waals surface area contributed by atoms with E-state index < -0.39 is 0 Å². The molecule has 1 aliphatic heterocycles. The fraction of sp³-hybridized carbons (Fsp3) is 1.00. The molecule has 0 bridgehead atoms. The van der Waals surface area contributed by atoms with Crippen molar-refractivity contribution in [1.82, 2.24) is 0 Å². The summed E-state index contributed by atoms with van der Waals surface area (Å²) in [5, 5.41) is 1.10. The minimum atomic E-state index is 0.563. The fourth-order valence-electron chi connectivity index (χ4n) is 1.34. The number of hydrogen-bond acceptors (Lipinski definition) is 1. The molecule has 0 aromatic heterocycles. The standard InChI is InChI=1S/C8H15BrO/c1-7(6-9)5-8-3-2-4-10-8/h7-8H,2-6H2,1H3/t7?,8-/m1/s1. The van der Waals surface area contributed by atoms with Crippen LogP contribution in [0, 0.1) is 5.92 Å². The van der Waals surface area contributed by atoms with Gasteiger partial charge in [-0.05, 0) is 25.2 Å². The number of rotatable bonds is 3. The molecule has 0 spiro atoms. The first-order valence-corrected chi connectivity index (χ1v) is 5.12. The molecule has 0 amide bonds. The summed E-state index contributed by atoms with van der Waals surface area (Å²) in [4.78, 5) is 0. The van der Waals surface area contributed by atoms with Gasteiger partial charge in [-0.3, -0.25) is 0 Å².